The molecule has 2 fully saturated rings. The molecule has 0 aliphatic carbocycles. The second-order valence-electron chi connectivity index (χ2n) is 6.15. The van der Waals surface area contributed by atoms with Crippen LogP contribution in [-0.2, 0) is 14.3 Å². The Labute approximate surface area is 133 Å². The van der Waals surface area contributed by atoms with Crippen molar-refractivity contribution in [1.82, 2.24) is 14.7 Å². The fourth-order valence-electron chi connectivity index (χ4n) is 3.11. The molecule has 0 aromatic carbocycles. The first-order valence-corrected chi connectivity index (χ1v) is 8.57. The number of carbonyl (C=O) groups is 2. The van der Waals surface area contributed by atoms with Gasteiger partial charge in [0, 0.05) is 39.3 Å². The van der Waals surface area contributed by atoms with E-state index >= 15 is 0 Å². The molecule has 6 nitrogen and oxygen atoms in total. The Bertz CT molecular complexity index is 360. The summed E-state index contributed by atoms with van der Waals surface area (Å²) in [6, 6.07) is 0. The van der Waals surface area contributed by atoms with Crippen LogP contribution in [0.3, 0.4) is 0 Å². The Morgan fingerprint density at radius 2 is 1.36 bits per heavy atom. The van der Waals surface area contributed by atoms with E-state index in [1.807, 2.05) is 11.8 Å². The van der Waals surface area contributed by atoms with Gasteiger partial charge < -0.3 is 9.64 Å². The smallest absolute Gasteiger partial charge is 0.320 e. The lowest BCUT2D eigenvalue weighted by atomic mass is 10.2. The molecule has 2 aliphatic rings. The van der Waals surface area contributed by atoms with E-state index in [2.05, 4.69) is 9.80 Å². The molecule has 6 heteroatoms. The van der Waals surface area contributed by atoms with Crippen LogP contribution < -0.4 is 0 Å². The van der Waals surface area contributed by atoms with E-state index in [1.165, 1.54) is 12.8 Å². The van der Waals surface area contributed by atoms with Gasteiger partial charge in [0.05, 0.1) is 19.7 Å². The number of rotatable bonds is 5. The van der Waals surface area contributed by atoms with Crippen LogP contribution in [0.5, 0.6) is 0 Å². The molecule has 2 saturated heterocycles. The molecule has 0 atom stereocenters. The molecule has 0 saturated carbocycles. The Kier molecular flexibility index (Phi) is 7.12. The molecule has 0 unspecified atom stereocenters. The fraction of sp³-hybridized carbons (Fsp3) is 0.875. The number of carbonyl (C=O) groups excluding carboxylic acids is 2. The van der Waals surface area contributed by atoms with Crippen molar-refractivity contribution in [2.45, 2.75) is 32.6 Å². The van der Waals surface area contributed by atoms with Gasteiger partial charge in [-0.1, -0.05) is 12.8 Å². The minimum absolute atomic E-state index is 0.156. The zero-order valence-electron chi connectivity index (χ0n) is 13.8. The van der Waals surface area contributed by atoms with Gasteiger partial charge in [0.25, 0.3) is 0 Å². The molecule has 0 aromatic heterocycles. The maximum Gasteiger partial charge on any atom is 0.320 e. The van der Waals surface area contributed by atoms with Crippen molar-refractivity contribution in [2.75, 3.05) is 59.0 Å². The second kappa shape index (κ2) is 9.10. The van der Waals surface area contributed by atoms with Gasteiger partial charge in [-0.25, -0.2) is 0 Å². The first-order chi connectivity index (χ1) is 10.7. The van der Waals surface area contributed by atoms with Crippen LogP contribution in [-0.4, -0.2) is 85.5 Å². The van der Waals surface area contributed by atoms with Gasteiger partial charge in [0.15, 0.2) is 0 Å². The highest BCUT2D eigenvalue weighted by molar-refractivity contribution is 5.78. The van der Waals surface area contributed by atoms with Crippen LogP contribution in [0.2, 0.25) is 0 Å². The first kappa shape index (κ1) is 17.2. The summed E-state index contributed by atoms with van der Waals surface area (Å²) in [5, 5.41) is 0. The van der Waals surface area contributed by atoms with Crippen molar-refractivity contribution in [2.24, 2.45) is 0 Å². The zero-order chi connectivity index (χ0) is 15.8. The molecular weight excluding hydrogens is 282 g/mol. The summed E-state index contributed by atoms with van der Waals surface area (Å²) in [6.07, 6.45) is 4.77. The van der Waals surface area contributed by atoms with Gasteiger partial charge in [-0.05, 0) is 19.8 Å². The number of hydrogen-bond acceptors (Lipinski definition) is 5. The van der Waals surface area contributed by atoms with Crippen LogP contribution in [0.15, 0.2) is 0 Å². The van der Waals surface area contributed by atoms with Crippen LogP contribution in [0.4, 0.5) is 0 Å². The minimum Gasteiger partial charge on any atom is -0.465 e. The number of amides is 1. The van der Waals surface area contributed by atoms with E-state index in [0.29, 0.717) is 19.7 Å². The molecule has 0 spiro atoms. The molecule has 22 heavy (non-hydrogen) atoms. The van der Waals surface area contributed by atoms with E-state index in [4.69, 9.17) is 4.74 Å². The third kappa shape index (κ3) is 5.57. The largest absolute Gasteiger partial charge is 0.465 e. The molecular formula is C16H29N3O3. The van der Waals surface area contributed by atoms with Crippen molar-refractivity contribution in [3.63, 3.8) is 0 Å². The molecule has 126 valence electrons. The van der Waals surface area contributed by atoms with Gasteiger partial charge in [-0.15, -0.1) is 0 Å². The number of esters is 1. The number of piperazine rings is 1. The quantitative estimate of drug-likeness (QED) is 0.695. The highest BCUT2D eigenvalue weighted by Crippen LogP contribution is 2.10. The second-order valence-corrected chi connectivity index (χ2v) is 6.15. The van der Waals surface area contributed by atoms with E-state index in [0.717, 1.165) is 52.1 Å². The zero-order valence-corrected chi connectivity index (χ0v) is 13.8. The number of ether oxygens (including phenoxy) is 1. The third-order valence-electron chi connectivity index (χ3n) is 4.44. The standard InChI is InChI=1S/C16H29N3O3/c1-2-22-16(21)14-18-11-9-17(10-12-18)13-15(20)19-7-5-3-4-6-8-19/h2-14H2,1H3. The molecule has 2 heterocycles. The van der Waals surface area contributed by atoms with Crippen LogP contribution in [0, 0.1) is 0 Å². The molecule has 0 radical (unpaired) electrons. The summed E-state index contributed by atoms with van der Waals surface area (Å²) in [5.41, 5.74) is 0. The monoisotopic (exact) mass is 311 g/mol. The minimum atomic E-state index is -0.156. The maximum atomic E-state index is 12.4. The predicted octanol–water partition coefficient (Wildman–Crippen LogP) is 0.570. The van der Waals surface area contributed by atoms with Gasteiger partial charge in [0.1, 0.15) is 0 Å². The summed E-state index contributed by atoms with van der Waals surface area (Å²) >= 11 is 0. The lowest BCUT2D eigenvalue weighted by molar-refractivity contribution is -0.145. The highest BCUT2D eigenvalue weighted by Gasteiger charge is 2.23. The van der Waals surface area contributed by atoms with E-state index in [1.54, 1.807) is 0 Å². The van der Waals surface area contributed by atoms with Gasteiger partial charge in [0.2, 0.25) is 5.91 Å². The van der Waals surface area contributed by atoms with E-state index in [9.17, 15) is 9.59 Å². The van der Waals surface area contributed by atoms with Crippen LogP contribution in [0.1, 0.15) is 32.6 Å². The molecule has 0 N–H and O–H groups in total. The van der Waals surface area contributed by atoms with Crippen molar-refractivity contribution in [3.05, 3.63) is 0 Å². The number of nitrogens with zero attached hydrogens (tertiary/aromatic N) is 3. The van der Waals surface area contributed by atoms with Gasteiger partial charge >= 0.3 is 5.97 Å². The Morgan fingerprint density at radius 3 is 1.91 bits per heavy atom. The van der Waals surface area contributed by atoms with Crippen molar-refractivity contribution < 1.29 is 14.3 Å². The highest BCUT2D eigenvalue weighted by atomic mass is 16.5. The summed E-state index contributed by atoms with van der Waals surface area (Å²) in [5.74, 6) is 0.109. The molecule has 1 amide bonds. The molecule has 0 aromatic rings. The molecule has 2 rings (SSSR count). The Morgan fingerprint density at radius 1 is 0.818 bits per heavy atom. The lowest BCUT2D eigenvalue weighted by Crippen LogP contribution is -2.51. The number of hydrogen-bond donors (Lipinski definition) is 0. The number of likely N-dealkylation sites (tertiary alicyclic amines) is 1. The normalized spacial score (nSPS) is 21.4. The van der Waals surface area contributed by atoms with Gasteiger partial charge in [-0.2, -0.15) is 0 Å². The van der Waals surface area contributed by atoms with Crippen LogP contribution >= 0.6 is 0 Å². The third-order valence-corrected chi connectivity index (χ3v) is 4.44. The summed E-state index contributed by atoms with van der Waals surface area (Å²) < 4.78 is 4.97. The average Bonchev–Trinajstić information content (AvgIpc) is 2.78. The Hall–Kier alpha value is -1.14. The van der Waals surface area contributed by atoms with Crippen molar-refractivity contribution in [1.29, 1.82) is 0 Å². The lowest BCUT2D eigenvalue weighted by Gasteiger charge is -2.34. The average molecular weight is 311 g/mol. The van der Waals surface area contributed by atoms with Crippen molar-refractivity contribution in [3.8, 4) is 0 Å². The topological polar surface area (TPSA) is 53.1 Å². The van der Waals surface area contributed by atoms with E-state index < -0.39 is 0 Å². The fourth-order valence-corrected chi connectivity index (χ4v) is 3.11. The van der Waals surface area contributed by atoms with Crippen LogP contribution in [0.25, 0.3) is 0 Å². The molecule has 0 bridgehead atoms. The summed E-state index contributed by atoms with van der Waals surface area (Å²) in [4.78, 5) is 30.2. The van der Waals surface area contributed by atoms with Crippen molar-refractivity contribution >= 4 is 11.9 Å². The SMILES string of the molecule is CCOC(=O)CN1CCN(CC(=O)N2CCCCCC2)CC1. The first-order valence-electron chi connectivity index (χ1n) is 8.57. The predicted molar refractivity (Wildman–Crippen MR) is 84.6 cm³/mol. The summed E-state index contributed by atoms with van der Waals surface area (Å²) in [6.45, 7) is 8.32. The Balaban J connectivity index is 1.68. The maximum absolute atomic E-state index is 12.4. The molecule has 2 aliphatic heterocycles. The van der Waals surface area contributed by atoms with Gasteiger partial charge in [-0.3, -0.25) is 19.4 Å². The summed E-state index contributed by atoms with van der Waals surface area (Å²) in [7, 11) is 0. The van der Waals surface area contributed by atoms with E-state index in [-0.39, 0.29) is 11.9 Å².